The summed E-state index contributed by atoms with van der Waals surface area (Å²) in [5.41, 5.74) is 0.553. The van der Waals surface area contributed by atoms with Crippen LogP contribution < -0.4 is 10.1 Å². The second-order valence-corrected chi connectivity index (χ2v) is 5.96. The molecule has 0 radical (unpaired) electrons. The molecule has 1 aromatic heterocycles. The maximum Gasteiger partial charge on any atom is 0.260 e. The van der Waals surface area contributed by atoms with Crippen molar-refractivity contribution in [2.45, 2.75) is 0 Å². The fraction of sp³-hybridized carbons (Fsp3) is 0.235. The third-order valence-electron chi connectivity index (χ3n) is 3.79. The number of carbonyl (C=O) groups is 2. The van der Waals surface area contributed by atoms with Crippen molar-refractivity contribution in [3.63, 3.8) is 0 Å². The number of nitrogens with one attached hydrogen (secondary N) is 1. The second kappa shape index (κ2) is 7.48. The lowest BCUT2D eigenvalue weighted by atomic mass is 9.99. The van der Waals surface area contributed by atoms with Gasteiger partial charge in [-0.1, -0.05) is 23.7 Å². The van der Waals surface area contributed by atoms with Crippen LogP contribution in [-0.4, -0.2) is 41.4 Å². The molecule has 25 heavy (non-hydrogen) atoms. The average Bonchev–Trinajstić information content (AvgIpc) is 2.52. The molecule has 0 unspecified atom stereocenters. The van der Waals surface area contributed by atoms with E-state index in [4.69, 9.17) is 16.3 Å². The molecule has 0 spiro atoms. The number of nitrogens with zero attached hydrogens (tertiary/aromatic N) is 2. The summed E-state index contributed by atoms with van der Waals surface area (Å²) in [6.07, 6.45) is 1.49. The van der Waals surface area contributed by atoms with Crippen molar-refractivity contribution in [2.75, 3.05) is 25.0 Å². The van der Waals surface area contributed by atoms with E-state index in [1.807, 2.05) is 0 Å². The summed E-state index contributed by atoms with van der Waals surface area (Å²) in [7, 11) is 0. The number of rotatable bonds is 5. The minimum absolute atomic E-state index is 0.0280. The van der Waals surface area contributed by atoms with E-state index in [9.17, 15) is 14.0 Å². The summed E-state index contributed by atoms with van der Waals surface area (Å²) in [5.74, 6) is -1.28. The van der Waals surface area contributed by atoms with E-state index in [0.29, 0.717) is 18.8 Å². The highest BCUT2D eigenvalue weighted by Gasteiger charge is 2.35. The molecule has 0 saturated carbocycles. The number of aromatic nitrogens is 1. The summed E-state index contributed by atoms with van der Waals surface area (Å²) in [4.78, 5) is 29.4. The van der Waals surface area contributed by atoms with Crippen molar-refractivity contribution in [1.29, 1.82) is 0 Å². The van der Waals surface area contributed by atoms with E-state index in [-0.39, 0.29) is 35.2 Å². The molecule has 1 aliphatic rings. The van der Waals surface area contributed by atoms with Crippen LogP contribution in [0.5, 0.6) is 5.75 Å². The van der Waals surface area contributed by atoms with Gasteiger partial charge in [0.05, 0.1) is 5.92 Å². The van der Waals surface area contributed by atoms with Crippen molar-refractivity contribution in [1.82, 2.24) is 9.88 Å². The van der Waals surface area contributed by atoms with Gasteiger partial charge in [0, 0.05) is 25.0 Å². The number of hydrogen-bond donors (Lipinski definition) is 1. The molecule has 1 saturated heterocycles. The maximum atomic E-state index is 13.4. The Morgan fingerprint density at radius 1 is 1.32 bits per heavy atom. The smallest absolute Gasteiger partial charge is 0.260 e. The summed E-state index contributed by atoms with van der Waals surface area (Å²) in [6, 6.07) is 9.05. The topological polar surface area (TPSA) is 71.5 Å². The number of para-hydroxylation sites is 1. The lowest BCUT2D eigenvalue weighted by Crippen LogP contribution is -2.55. The number of amides is 2. The highest BCUT2D eigenvalue weighted by molar-refractivity contribution is 6.29. The Morgan fingerprint density at radius 2 is 2.08 bits per heavy atom. The first kappa shape index (κ1) is 17.2. The number of carbonyl (C=O) groups excluding carboxylic acids is 2. The molecule has 1 aliphatic heterocycles. The first-order valence-corrected chi connectivity index (χ1v) is 7.98. The Balaban J connectivity index is 1.44. The van der Waals surface area contributed by atoms with Crippen LogP contribution in [0.25, 0.3) is 0 Å². The number of likely N-dealkylation sites (tertiary alicyclic amines) is 1. The number of hydrogen-bond acceptors (Lipinski definition) is 4. The van der Waals surface area contributed by atoms with E-state index in [1.165, 1.54) is 23.2 Å². The molecular weight excluding hydrogens is 349 g/mol. The molecule has 130 valence electrons. The molecule has 0 aliphatic carbocycles. The fourth-order valence-electron chi connectivity index (χ4n) is 2.37. The molecule has 2 amide bonds. The van der Waals surface area contributed by atoms with Crippen molar-refractivity contribution < 1.29 is 18.7 Å². The molecule has 2 aromatic rings. The van der Waals surface area contributed by atoms with Crippen LogP contribution in [0.3, 0.4) is 0 Å². The van der Waals surface area contributed by atoms with Gasteiger partial charge in [0.25, 0.3) is 5.91 Å². The summed E-state index contributed by atoms with van der Waals surface area (Å²) >= 11 is 5.76. The van der Waals surface area contributed by atoms with Gasteiger partial charge in [-0.25, -0.2) is 9.37 Å². The van der Waals surface area contributed by atoms with Crippen LogP contribution in [0.2, 0.25) is 5.15 Å². The van der Waals surface area contributed by atoms with E-state index >= 15 is 0 Å². The molecule has 6 nitrogen and oxygen atoms in total. The van der Waals surface area contributed by atoms with Gasteiger partial charge in [0.1, 0.15) is 5.15 Å². The molecule has 2 heterocycles. The van der Waals surface area contributed by atoms with Gasteiger partial charge in [0.2, 0.25) is 5.91 Å². The van der Waals surface area contributed by atoms with Gasteiger partial charge >= 0.3 is 0 Å². The summed E-state index contributed by atoms with van der Waals surface area (Å²) in [5, 5.41) is 3.01. The van der Waals surface area contributed by atoms with Gasteiger partial charge < -0.3 is 15.0 Å². The number of anilines is 1. The van der Waals surface area contributed by atoms with Crippen molar-refractivity contribution in [3.8, 4) is 5.75 Å². The number of benzene rings is 1. The lowest BCUT2D eigenvalue weighted by molar-refractivity contribution is -0.143. The monoisotopic (exact) mass is 363 g/mol. The highest BCUT2D eigenvalue weighted by atomic mass is 35.5. The van der Waals surface area contributed by atoms with Crippen LogP contribution in [0.15, 0.2) is 42.6 Å². The number of ether oxygens (including phenoxy) is 1. The number of pyridine rings is 1. The van der Waals surface area contributed by atoms with E-state index < -0.39 is 5.82 Å². The molecular formula is C17H15ClFN3O3. The van der Waals surface area contributed by atoms with Crippen molar-refractivity contribution in [2.24, 2.45) is 5.92 Å². The SMILES string of the molecule is O=C(Nc1ccnc(Cl)c1)C1CN(C(=O)COc2ccccc2F)C1. The van der Waals surface area contributed by atoms with Crippen LogP contribution in [-0.2, 0) is 9.59 Å². The Labute approximate surface area is 148 Å². The predicted octanol–water partition coefficient (Wildman–Crippen LogP) is 2.35. The molecule has 0 bridgehead atoms. The second-order valence-electron chi connectivity index (χ2n) is 5.57. The molecule has 1 N–H and O–H groups in total. The molecule has 3 rings (SSSR count). The first-order chi connectivity index (χ1) is 12.0. The molecule has 1 aromatic carbocycles. The zero-order valence-corrected chi connectivity index (χ0v) is 13.9. The standard InChI is InChI=1S/C17H15ClFN3O3/c18-15-7-12(5-6-20-15)21-17(24)11-8-22(9-11)16(23)10-25-14-4-2-1-3-13(14)19/h1-7,11H,8-10H2,(H,20,21,24). The third kappa shape index (κ3) is 4.24. The Morgan fingerprint density at radius 3 is 2.80 bits per heavy atom. The highest BCUT2D eigenvalue weighted by Crippen LogP contribution is 2.20. The summed E-state index contributed by atoms with van der Waals surface area (Å²) < 4.78 is 18.6. The van der Waals surface area contributed by atoms with Gasteiger partial charge in [-0.15, -0.1) is 0 Å². The van der Waals surface area contributed by atoms with E-state index in [0.717, 1.165) is 0 Å². The fourth-order valence-corrected chi connectivity index (χ4v) is 2.54. The van der Waals surface area contributed by atoms with E-state index in [1.54, 1.807) is 24.3 Å². The van der Waals surface area contributed by atoms with Crippen LogP contribution in [0.1, 0.15) is 0 Å². The van der Waals surface area contributed by atoms with Gasteiger partial charge in [0.15, 0.2) is 18.2 Å². The van der Waals surface area contributed by atoms with Crippen molar-refractivity contribution >= 4 is 29.1 Å². The maximum absolute atomic E-state index is 13.4. The quantitative estimate of drug-likeness (QED) is 0.828. The lowest BCUT2D eigenvalue weighted by Gasteiger charge is -2.38. The van der Waals surface area contributed by atoms with Crippen molar-refractivity contribution in [3.05, 3.63) is 53.6 Å². The Hall–Kier alpha value is -2.67. The first-order valence-electron chi connectivity index (χ1n) is 7.60. The van der Waals surface area contributed by atoms with Gasteiger partial charge in [-0.05, 0) is 24.3 Å². The molecule has 8 heteroatoms. The third-order valence-corrected chi connectivity index (χ3v) is 3.99. The van der Waals surface area contributed by atoms with Gasteiger partial charge in [-0.2, -0.15) is 0 Å². The molecule has 0 atom stereocenters. The van der Waals surface area contributed by atoms with Gasteiger partial charge in [-0.3, -0.25) is 9.59 Å². The van der Waals surface area contributed by atoms with Crippen LogP contribution in [0, 0.1) is 11.7 Å². The normalized spacial score (nSPS) is 13.9. The Kier molecular flexibility index (Phi) is 5.14. The van der Waals surface area contributed by atoms with E-state index in [2.05, 4.69) is 10.3 Å². The van der Waals surface area contributed by atoms with Crippen LogP contribution >= 0.6 is 11.6 Å². The average molecular weight is 364 g/mol. The predicted molar refractivity (Wildman–Crippen MR) is 89.8 cm³/mol. The largest absolute Gasteiger partial charge is 0.481 e. The Bertz CT molecular complexity index is 796. The minimum Gasteiger partial charge on any atom is -0.481 e. The zero-order chi connectivity index (χ0) is 17.8. The minimum atomic E-state index is -0.521. The zero-order valence-electron chi connectivity index (χ0n) is 13.1. The molecule has 1 fully saturated rings. The summed E-state index contributed by atoms with van der Waals surface area (Å²) in [6.45, 7) is 0.323. The van der Waals surface area contributed by atoms with Crippen LogP contribution in [0.4, 0.5) is 10.1 Å². The number of halogens is 2.